The number of fused-ring (bicyclic) bond motifs is 2. The van der Waals surface area contributed by atoms with Gasteiger partial charge in [-0.1, -0.05) is 18.2 Å². The second-order valence-electron chi connectivity index (χ2n) is 6.03. The Balaban J connectivity index is 1.70. The average molecular weight is 394 g/mol. The van der Waals surface area contributed by atoms with Crippen molar-refractivity contribution in [2.45, 2.75) is 13.5 Å². The van der Waals surface area contributed by atoms with Crippen molar-refractivity contribution in [2.24, 2.45) is 10.2 Å². The van der Waals surface area contributed by atoms with Crippen LogP contribution in [-0.2, 0) is 6.54 Å². The number of hydrogen-bond donors (Lipinski definition) is 1. The lowest BCUT2D eigenvalue weighted by molar-refractivity contribution is -0.384. The second-order valence-corrected chi connectivity index (χ2v) is 7.11. The highest BCUT2D eigenvalue weighted by Gasteiger charge is 2.17. The van der Waals surface area contributed by atoms with Crippen LogP contribution in [0.5, 0.6) is 5.88 Å². The van der Waals surface area contributed by atoms with E-state index in [1.54, 1.807) is 22.8 Å². The summed E-state index contributed by atoms with van der Waals surface area (Å²) in [7, 11) is 0. The van der Waals surface area contributed by atoms with E-state index in [-0.39, 0.29) is 17.3 Å². The minimum absolute atomic E-state index is 0.0387. The van der Waals surface area contributed by atoms with Crippen LogP contribution in [0.2, 0.25) is 0 Å². The van der Waals surface area contributed by atoms with Crippen LogP contribution in [0.15, 0.2) is 58.8 Å². The van der Waals surface area contributed by atoms with E-state index in [0.717, 1.165) is 10.2 Å². The number of aromatic hydroxyl groups is 1. The van der Waals surface area contributed by atoms with Gasteiger partial charge in [-0.05, 0) is 25.1 Å². The number of carbonyl (C=O) groups excluding carboxylic acids is 1. The Morgan fingerprint density at radius 3 is 2.79 bits per heavy atom. The Morgan fingerprint density at radius 1 is 1.25 bits per heavy atom. The van der Waals surface area contributed by atoms with Gasteiger partial charge in [0.05, 0.1) is 15.3 Å². The highest BCUT2D eigenvalue weighted by molar-refractivity contribution is 7.20. The number of thiophene rings is 1. The minimum atomic E-state index is -0.573. The van der Waals surface area contributed by atoms with E-state index in [9.17, 15) is 20.0 Å². The van der Waals surface area contributed by atoms with Crippen molar-refractivity contribution in [3.05, 3.63) is 63.5 Å². The van der Waals surface area contributed by atoms with Crippen molar-refractivity contribution in [3.8, 4) is 5.88 Å². The number of carbonyl (C=O) groups is 1. The summed E-state index contributed by atoms with van der Waals surface area (Å²) in [5.41, 5.74) is 1.00. The molecule has 2 heterocycles. The van der Waals surface area contributed by atoms with Crippen LogP contribution in [0.4, 0.5) is 11.4 Å². The quantitative estimate of drug-likeness (QED) is 0.283. The van der Waals surface area contributed by atoms with Gasteiger partial charge in [0.2, 0.25) is 5.88 Å². The van der Waals surface area contributed by atoms with Crippen LogP contribution in [0.3, 0.4) is 0 Å². The molecule has 0 radical (unpaired) electrons. The molecule has 0 aliphatic heterocycles. The van der Waals surface area contributed by atoms with Gasteiger partial charge in [-0.25, -0.2) is 0 Å². The van der Waals surface area contributed by atoms with Crippen molar-refractivity contribution in [3.63, 3.8) is 0 Å². The van der Waals surface area contributed by atoms with Crippen LogP contribution in [0.25, 0.3) is 21.0 Å². The van der Waals surface area contributed by atoms with Gasteiger partial charge in [0.1, 0.15) is 0 Å². The predicted molar refractivity (Wildman–Crippen MR) is 107 cm³/mol. The number of nitro benzene ring substituents is 1. The first-order valence-corrected chi connectivity index (χ1v) is 9.25. The molecule has 0 bridgehead atoms. The molecule has 0 aliphatic rings. The van der Waals surface area contributed by atoms with Gasteiger partial charge < -0.3 is 9.67 Å². The molecule has 2 aromatic carbocycles. The van der Waals surface area contributed by atoms with Gasteiger partial charge in [0.25, 0.3) is 5.69 Å². The number of amides is 1. The van der Waals surface area contributed by atoms with Gasteiger partial charge in [0.15, 0.2) is 5.69 Å². The minimum Gasteiger partial charge on any atom is -0.493 e. The van der Waals surface area contributed by atoms with Gasteiger partial charge in [-0.2, -0.15) is 0 Å². The number of nitrogens with zero attached hydrogens (tertiary/aromatic N) is 4. The standard InChI is InChI=1S/C19H14N4O4S/c1-2-22-14-6-4-3-5-13(14)17(19(22)25)20-21-18(24)16-10-11-9-12(23(26)27)7-8-15(11)28-16/h3-10,25H,2H2,1H3. The molecule has 0 atom stereocenters. The molecule has 140 valence electrons. The molecule has 28 heavy (non-hydrogen) atoms. The number of para-hydroxylation sites is 1. The smallest absolute Gasteiger partial charge is 0.305 e. The zero-order valence-corrected chi connectivity index (χ0v) is 15.5. The molecule has 0 spiro atoms. The van der Waals surface area contributed by atoms with Crippen LogP contribution >= 0.6 is 11.3 Å². The number of non-ortho nitro benzene ring substituents is 1. The monoisotopic (exact) mass is 394 g/mol. The third-order valence-corrected chi connectivity index (χ3v) is 5.50. The summed E-state index contributed by atoms with van der Waals surface area (Å²) in [6, 6.07) is 13.3. The van der Waals surface area contributed by atoms with Crippen molar-refractivity contribution in [1.29, 1.82) is 0 Å². The highest BCUT2D eigenvalue weighted by Crippen LogP contribution is 2.39. The van der Waals surface area contributed by atoms with Gasteiger partial charge in [-0.3, -0.25) is 14.9 Å². The fourth-order valence-corrected chi connectivity index (χ4v) is 4.01. The molecule has 0 unspecified atom stereocenters. The van der Waals surface area contributed by atoms with Crippen LogP contribution in [0, 0.1) is 10.1 Å². The lowest BCUT2D eigenvalue weighted by Crippen LogP contribution is -1.91. The van der Waals surface area contributed by atoms with Gasteiger partial charge >= 0.3 is 5.91 Å². The maximum atomic E-state index is 12.5. The number of aromatic nitrogens is 1. The third-order valence-electron chi connectivity index (χ3n) is 4.40. The van der Waals surface area contributed by atoms with Crippen molar-refractivity contribution in [1.82, 2.24) is 4.57 Å². The molecule has 2 aromatic heterocycles. The molecule has 0 saturated carbocycles. The van der Waals surface area contributed by atoms with E-state index in [4.69, 9.17) is 0 Å². The fraction of sp³-hybridized carbons (Fsp3) is 0.105. The molecule has 0 aliphatic carbocycles. The topological polar surface area (TPSA) is 110 Å². The number of azo groups is 1. The highest BCUT2D eigenvalue weighted by atomic mass is 32.1. The molecular formula is C19H14N4O4S. The Morgan fingerprint density at radius 2 is 2.04 bits per heavy atom. The predicted octanol–water partition coefficient (Wildman–Crippen LogP) is 5.41. The SMILES string of the molecule is CCn1c(O)c(N=NC(=O)c2cc3cc([N+](=O)[O-])ccc3s2)c2ccccc21. The molecule has 1 N–H and O–H groups in total. The molecule has 4 aromatic rings. The maximum Gasteiger partial charge on any atom is 0.305 e. The van der Waals surface area contributed by atoms with Crippen LogP contribution in [0.1, 0.15) is 16.6 Å². The number of hydrogen-bond acceptors (Lipinski definition) is 6. The normalized spacial score (nSPS) is 11.6. The maximum absolute atomic E-state index is 12.5. The van der Waals surface area contributed by atoms with E-state index in [1.807, 2.05) is 25.1 Å². The Labute approximate surface area is 162 Å². The first-order chi connectivity index (χ1) is 13.5. The third kappa shape index (κ3) is 2.91. The zero-order valence-electron chi connectivity index (χ0n) is 14.7. The van der Waals surface area contributed by atoms with E-state index in [2.05, 4.69) is 10.2 Å². The largest absolute Gasteiger partial charge is 0.493 e. The lowest BCUT2D eigenvalue weighted by atomic mass is 10.2. The van der Waals surface area contributed by atoms with Gasteiger partial charge in [-0.15, -0.1) is 21.6 Å². The van der Waals surface area contributed by atoms with Crippen LogP contribution < -0.4 is 0 Å². The summed E-state index contributed by atoms with van der Waals surface area (Å²) in [5.74, 6) is -0.621. The number of nitro groups is 1. The number of rotatable bonds is 4. The average Bonchev–Trinajstić information content (AvgIpc) is 3.23. The summed E-state index contributed by atoms with van der Waals surface area (Å²) in [6.07, 6.45) is 0. The number of benzene rings is 2. The van der Waals surface area contributed by atoms with E-state index in [0.29, 0.717) is 22.2 Å². The summed E-state index contributed by atoms with van der Waals surface area (Å²) in [5, 5.41) is 30.4. The van der Waals surface area contributed by atoms with E-state index in [1.165, 1.54) is 23.5 Å². The molecule has 0 saturated heterocycles. The lowest BCUT2D eigenvalue weighted by Gasteiger charge is -2.00. The Hall–Kier alpha value is -3.59. The molecule has 1 amide bonds. The first kappa shape index (κ1) is 17.8. The second kappa shape index (κ2) is 6.86. The first-order valence-electron chi connectivity index (χ1n) is 8.44. The van der Waals surface area contributed by atoms with E-state index < -0.39 is 10.8 Å². The summed E-state index contributed by atoms with van der Waals surface area (Å²) in [6.45, 7) is 2.44. The fourth-order valence-electron chi connectivity index (χ4n) is 3.08. The van der Waals surface area contributed by atoms with Gasteiger partial charge in [0, 0.05) is 34.1 Å². The molecule has 9 heteroatoms. The van der Waals surface area contributed by atoms with Crippen molar-refractivity contribution >= 4 is 49.6 Å². The van der Waals surface area contributed by atoms with Crippen LogP contribution in [-0.4, -0.2) is 20.5 Å². The van der Waals surface area contributed by atoms with Crippen molar-refractivity contribution < 1.29 is 14.8 Å². The number of aryl methyl sites for hydroxylation is 1. The van der Waals surface area contributed by atoms with Crippen molar-refractivity contribution in [2.75, 3.05) is 0 Å². The Kier molecular flexibility index (Phi) is 4.36. The zero-order chi connectivity index (χ0) is 19.8. The molecule has 8 nitrogen and oxygen atoms in total. The molecular weight excluding hydrogens is 380 g/mol. The summed E-state index contributed by atoms with van der Waals surface area (Å²) in [4.78, 5) is 23.2. The summed E-state index contributed by atoms with van der Waals surface area (Å²) < 4.78 is 2.43. The molecule has 0 fully saturated rings. The summed E-state index contributed by atoms with van der Waals surface area (Å²) >= 11 is 1.18. The van der Waals surface area contributed by atoms with E-state index >= 15 is 0 Å². The Bertz CT molecular complexity index is 1270. The molecule has 4 rings (SSSR count).